The molecule has 0 aromatic heterocycles. The first kappa shape index (κ1) is 20.2. The van der Waals surface area contributed by atoms with Crippen LogP contribution in [0, 0.1) is 0 Å². The van der Waals surface area contributed by atoms with Gasteiger partial charge in [-0.15, -0.1) is 11.8 Å². The van der Waals surface area contributed by atoms with Crippen LogP contribution >= 0.6 is 11.8 Å². The third-order valence-electron chi connectivity index (χ3n) is 3.43. The van der Waals surface area contributed by atoms with E-state index in [1.54, 1.807) is 12.1 Å². The van der Waals surface area contributed by atoms with E-state index in [0.29, 0.717) is 28.7 Å². The molecule has 9 heteroatoms. The van der Waals surface area contributed by atoms with Crippen LogP contribution in [0.25, 0.3) is 0 Å². The van der Waals surface area contributed by atoms with Crippen molar-refractivity contribution in [3.8, 4) is 0 Å². The molecule has 2 nitrogen and oxygen atoms in total. The summed E-state index contributed by atoms with van der Waals surface area (Å²) in [5.74, 6) is -1.77. The summed E-state index contributed by atoms with van der Waals surface area (Å²) in [5, 5.41) is 10.7. The predicted octanol–water partition coefficient (Wildman–Crippen LogP) is 4.31. The summed E-state index contributed by atoms with van der Waals surface area (Å²) in [7, 11) is 0. The van der Waals surface area contributed by atoms with Gasteiger partial charge in [0.15, 0.2) is 0 Å². The molecule has 0 saturated carbocycles. The molecule has 0 aliphatic heterocycles. The molecule has 140 valence electrons. The molecule has 0 amide bonds. The van der Waals surface area contributed by atoms with Crippen LogP contribution in [0.2, 0.25) is 0 Å². The van der Waals surface area contributed by atoms with Crippen molar-refractivity contribution in [2.24, 2.45) is 0 Å². The lowest BCUT2D eigenvalue weighted by atomic mass is 10.0. The molecule has 2 aromatic carbocycles. The molecule has 2 rings (SSSR count). The lowest BCUT2D eigenvalue weighted by molar-refractivity contribution is -0.304. The van der Waals surface area contributed by atoms with E-state index in [1.807, 2.05) is 0 Å². The molecule has 0 aliphatic carbocycles. The Balaban J connectivity index is 2.35. The third kappa shape index (κ3) is 5.17. The Morgan fingerprint density at radius 1 is 0.923 bits per heavy atom. The normalized spacial score (nSPS) is 12.2. The minimum Gasteiger partial charge on any atom is -0.550 e. The van der Waals surface area contributed by atoms with Crippen LogP contribution in [-0.4, -0.2) is 5.97 Å². The van der Waals surface area contributed by atoms with E-state index in [0.717, 1.165) is 11.8 Å². The minimum absolute atomic E-state index is 0.318. The topological polar surface area (TPSA) is 40.1 Å². The van der Waals surface area contributed by atoms with Crippen molar-refractivity contribution in [3.63, 3.8) is 0 Å². The summed E-state index contributed by atoms with van der Waals surface area (Å²) in [6, 6.07) is 7.33. The van der Waals surface area contributed by atoms with Gasteiger partial charge in [0.05, 0.1) is 11.1 Å². The molecular formula is C17H11F6O2S-. The number of hydrogen-bond acceptors (Lipinski definition) is 3. The minimum atomic E-state index is -4.80. The lowest BCUT2D eigenvalue weighted by Crippen LogP contribution is -2.24. The van der Waals surface area contributed by atoms with E-state index in [9.17, 15) is 36.2 Å². The molecule has 0 bridgehead atoms. The highest BCUT2D eigenvalue weighted by molar-refractivity contribution is 7.98. The first-order valence-corrected chi connectivity index (χ1v) is 8.15. The maximum atomic E-state index is 13.1. The number of carbonyl (C=O) groups is 1. The van der Waals surface area contributed by atoms with Crippen LogP contribution in [-0.2, 0) is 29.3 Å². The number of carboxylic acid groups (broad SMARTS) is 1. The molecule has 0 spiro atoms. The SMILES string of the molecule is O=C([O-])Cc1ccccc1SCc1cc(C(F)(F)F)ccc1C(F)(F)F. The summed E-state index contributed by atoms with van der Waals surface area (Å²) in [6.45, 7) is 0. The number of hydrogen-bond donors (Lipinski definition) is 0. The van der Waals surface area contributed by atoms with Crippen LogP contribution < -0.4 is 5.11 Å². The second-order valence-corrected chi connectivity index (χ2v) is 6.33. The third-order valence-corrected chi connectivity index (χ3v) is 4.59. The van der Waals surface area contributed by atoms with Gasteiger partial charge in [0, 0.05) is 23.0 Å². The highest BCUT2D eigenvalue weighted by atomic mass is 32.2. The van der Waals surface area contributed by atoms with Crippen LogP contribution in [0.5, 0.6) is 0 Å². The Bertz CT molecular complexity index is 799. The fourth-order valence-corrected chi connectivity index (χ4v) is 3.32. The Morgan fingerprint density at radius 3 is 2.15 bits per heavy atom. The van der Waals surface area contributed by atoms with E-state index >= 15 is 0 Å². The summed E-state index contributed by atoms with van der Waals surface area (Å²) >= 11 is 0.833. The van der Waals surface area contributed by atoms with Crippen LogP contribution in [0.3, 0.4) is 0 Å². The molecule has 0 heterocycles. The predicted molar refractivity (Wildman–Crippen MR) is 81.2 cm³/mol. The molecule has 0 aliphatic rings. The smallest absolute Gasteiger partial charge is 0.416 e. The summed E-state index contributed by atoms with van der Waals surface area (Å²) in [4.78, 5) is 11.1. The molecule has 0 radical (unpaired) electrons. The zero-order valence-electron chi connectivity index (χ0n) is 12.9. The fourth-order valence-electron chi connectivity index (χ4n) is 2.27. The first-order chi connectivity index (χ1) is 12.0. The largest absolute Gasteiger partial charge is 0.550 e. The van der Waals surface area contributed by atoms with E-state index in [4.69, 9.17) is 0 Å². The standard InChI is InChI=1S/C17H12F6O2S/c18-16(19,20)12-5-6-13(17(21,22)23)11(7-12)9-26-14-4-2-1-3-10(14)8-15(24)25/h1-7H,8-9H2,(H,24,25)/p-1. The Kier molecular flexibility index (Phi) is 5.90. The summed E-state index contributed by atoms with van der Waals surface area (Å²) in [5.41, 5.74) is -2.54. The van der Waals surface area contributed by atoms with Crippen molar-refractivity contribution in [3.05, 3.63) is 64.7 Å². The molecule has 0 saturated heterocycles. The van der Waals surface area contributed by atoms with E-state index < -0.39 is 47.2 Å². The Labute approximate surface area is 148 Å². The highest BCUT2D eigenvalue weighted by Crippen LogP contribution is 2.39. The van der Waals surface area contributed by atoms with Gasteiger partial charge in [0.1, 0.15) is 0 Å². The molecule has 2 aromatic rings. The fraction of sp³-hybridized carbons (Fsp3) is 0.235. The van der Waals surface area contributed by atoms with Crippen molar-refractivity contribution in [1.82, 2.24) is 0 Å². The highest BCUT2D eigenvalue weighted by Gasteiger charge is 2.36. The number of thioether (sulfide) groups is 1. The van der Waals surface area contributed by atoms with Gasteiger partial charge in [-0.1, -0.05) is 18.2 Å². The van der Waals surface area contributed by atoms with Crippen LogP contribution in [0.15, 0.2) is 47.4 Å². The number of aliphatic carboxylic acids is 1. The van der Waals surface area contributed by atoms with Gasteiger partial charge < -0.3 is 9.90 Å². The van der Waals surface area contributed by atoms with Gasteiger partial charge in [0.2, 0.25) is 0 Å². The Hall–Kier alpha value is -2.16. The molecule has 26 heavy (non-hydrogen) atoms. The average molecular weight is 393 g/mol. The van der Waals surface area contributed by atoms with Crippen molar-refractivity contribution < 1.29 is 36.2 Å². The zero-order chi connectivity index (χ0) is 19.5. The van der Waals surface area contributed by atoms with Gasteiger partial charge >= 0.3 is 12.4 Å². The average Bonchev–Trinajstić information content (AvgIpc) is 2.51. The second-order valence-electron chi connectivity index (χ2n) is 5.31. The van der Waals surface area contributed by atoms with Crippen LogP contribution in [0.4, 0.5) is 26.3 Å². The summed E-state index contributed by atoms with van der Waals surface area (Å²) in [6.07, 6.45) is -10.0. The van der Waals surface area contributed by atoms with Crippen molar-refractivity contribution in [2.45, 2.75) is 29.4 Å². The molecular weight excluding hydrogens is 382 g/mol. The van der Waals surface area contributed by atoms with Gasteiger partial charge in [-0.3, -0.25) is 0 Å². The van der Waals surface area contributed by atoms with Crippen LogP contribution in [0.1, 0.15) is 22.3 Å². The number of carboxylic acids is 1. The van der Waals surface area contributed by atoms with Gasteiger partial charge in [-0.25, -0.2) is 0 Å². The summed E-state index contributed by atoms with van der Waals surface area (Å²) < 4.78 is 77.7. The first-order valence-electron chi connectivity index (χ1n) is 7.16. The maximum absolute atomic E-state index is 13.1. The van der Waals surface area contributed by atoms with Crippen molar-refractivity contribution >= 4 is 17.7 Å². The Morgan fingerprint density at radius 2 is 1.58 bits per heavy atom. The van der Waals surface area contributed by atoms with Crippen molar-refractivity contribution in [2.75, 3.05) is 0 Å². The second kappa shape index (κ2) is 7.61. The number of alkyl halides is 6. The molecule has 0 fully saturated rings. The van der Waals surface area contributed by atoms with Gasteiger partial charge in [-0.05, 0) is 35.4 Å². The van der Waals surface area contributed by atoms with Gasteiger partial charge in [0.25, 0.3) is 0 Å². The van der Waals surface area contributed by atoms with E-state index in [1.165, 1.54) is 12.1 Å². The van der Waals surface area contributed by atoms with Gasteiger partial charge in [-0.2, -0.15) is 26.3 Å². The zero-order valence-corrected chi connectivity index (χ0v) is 13.8. The van der Waals surface area contributed by atoms with E-state index in [2.05, 4.69) is 0 Å². The number of halogens is 6. The quantitative estimate of drug-likeness (QED) is 0.562. The van der Waals surface area contributed by atoms with Crippen molar-refractivity contribution in [1.29, 1.82) is 0 Å². The maximum Gasteiger partial charge on any atom is 0.416 e. The van der Waals surface area contributed by atoms with E-state index in [-0.39, 0.29) is 0 Å². The monoisotopic (exact) mass is 393 g/mol. The lowest BCUT2D eigenvalue weighted by Gasteiger charge is -2.16. The number of carbonyl (C=O) groups excluding carboxylic acids is 1. The molecule has 0 N–H and O–H groups in total. The molecule has 0 atom stereocenters. The molecule has 0 unspecified atom stereocenters. The number of rotatable bonds is 5. The number of benzene rings is 2.